The second-order valence-electron chi connectivity index (χ2n) is 6.59. The molecule has 0 saturated heterocycles. The lowest BCUT2D eigenvalue weighted by molar-refractivity contribution is 0.102. The predicted molar refractivity (Wildman–Crippen MR) is 113 cm³/mol. The molecule has 1 atom stereocenters. The van der Waals surface area contributed by atoms with Crippen LogP contribution >= 0.6 is 11.8 Å². The summed E-state index contributed by atoms with van der Waals surface area (Å²) >= 11 is 1.24. The summed E-state index contributed by atoms with van der Waals surface area (Å²) in [5.74, 6) is 0.164. The van der Waals surface area contributed by atoms with E-state index < -0.39 is 0 Å². The molecule has 3 rings (SSSR count). The number of hydrogen-bond acceptors (Lipinski definition) is 5. The highest BCUT2D eigenvalue weighted by Crippen LogP contribution is 2.23. The Labute approximate surface area is 168 Å². The number of benzene rings is 2. The Balaban J connectivity index is 1.93. The van der Waals surface area contributed by atoms with Gasteiger partial charge in [-0.2, -0.15) is 0 Å². The minimum atomic E-state index is -0.369. The fourth-order valence-corrected chi connectivity index (χ4v) is 4.04. The maximum Gasteiger partial charge on any atom is 0.262 e. The number of aromatic nitrogens is 2. The van der Waals surface area contributed by atoms with Crippen LogP contribution in [0.1, 0.15) is 42.2 Å². The number of aliphatic hydroxyl groups excluding tert-OH is 1. The van der Waals surface area contributed by atoms with Gasteiger partial charge in [-0.15, -0.1) is 0 Å². The van der Waals surface area contributed by atoms with Crippen molar-refractivity contribution < 1.29 is 9.90 Å². The van der Waals surface area contributed by atoms with Crippen molar-refractivity contribution in [3.05, 3.63) is 70.0 Å². The Kier molecular flexibility index (Phi) is 6.65. The number of rotatable bonds is 8. The second-order valence-corrected chi connectivity index (χ2v) is 7.54. The van der Waals surface area contributed by atoms with Crippen LogP contribution in [0.5, 0.6) is 0 Å². The molecule has 28 heavy (non-hydrogen) atoms. The molecule has 1 N–H and O–H groups in total. The molecule has 0 unspecified atom stereocenters. The molecule has 0 saturated carbocycles. The van der Waals surface area contributed by atoms with Gasteiger partial charge in [0, 0.05) is 5.56 Å². The van der Waals surface area contributed by atoms with Gasteiger partial charge in [0.2, 0.25) is 0 Å². The number of carbonyl (C=O) groups is 1. The lowest BCUT2D eigenvalue weighted by Crippen LogP contribution is -2.29. The van der Waals surface area contributed by atoms with E-state index in [-0.39, 0.29) is 29.7 Å². The summed E-state index contributed by atoms with van der Waals surface area (Å²) in [6, 6.07) is 14.4. The third-order valence-corrected chi connectivity index (χ3v) is 5.79. The van der Waals surface area contributed by atoms with Gasteiger partial charge < -0.3 is 5.11 Å². The van der Waals surface area contributed by atoms with Crippen molar-refractivity contribution in [3.63, 3.8) is 0 Å². The number of para-hydroxylation sites is 1. The first kappa shape index (κ1) is 20.3. The number of ketones is 1. The predicted octanol–water partition coefficient (Wildman–Crippen LogP) is 3.88. The largest absolute Gasteiger partial charge is 0.394 e. The molecule has 1 aromatic heterocycles. The fourth-order valence-electron chi connectivity index (χ4n) is 3.08. The standard InChI is InChI=1S/C22H24N2O3S/c1-3-15-9-11-16(12-10-15)20(26)14-28-22-23-19-8-6-5-7-18(19)21(27)24(22)17(4-2)13-25/h5-12,17,25H,3-4,13-14H2,1-2H3/t17-/m0/s1. The number of fused-ring (bicyclic) bond motifs is 1. The quantitative estimate of drug-likeness (QED) is 0.355. The van der Waals surface area contributed by atoms with Crippen LogP contribution < -0.4 is 5.56 Å². The summed E-state index contributed by atoms with van der Waals surface area (Å²) in [5, 5.41) is 10.7. The molecule has 5 nitrogen and oxygen atoms in total. The normalized spacial score (nSPS) is 12.2. The average molecular weight is 397 g/mol. The highest BCUT2D eigenvalue weighted by Gasteiger charge is 2.19. The van der Waals surface area contributed by atoms with Crippen LogP contribution in [-0.4, -0.2) is 32.8 Å². The van der Waals surface area contributed by atoms with Crippen molar-refractivity contribution >= 4 is 28.4 Å². The summed E-state index contributed by atoms with van der Waals surface area (Å²) in [5.41, 5.74) is 2.24. The van der Waals surface area contributed by atoms with Gasteiger partial charge in [0.05, 0.1) is 29.3 Å². The number of aryl methyl sites for hydroxylation is 1. The molecule has 146 valence electrons. The molecule has 6 heteroatoms. The van der Waals surface area contributed by atoms with E-state index in [2.05, 4.69) is 11.9 Å². The maximum absolute atomic E-state index is 13.0. The molecule has 0 spiro atoms. The van der Waals surface area contributed by atoms with E-state index in [1.54, 1.807) is 18.2 Å². The number of Topliss-reactive ketones (excluding diaryl/α,β-unsaturated/α-hetero) is 1. The van der Waals surface area contributed by atoms with Crippen LogP contribution in [0.2, 0.25) is 0 Å². The Hall–Kier alpha value is -2.44. The Morgan fingerprint density at radius 2 is 1.86 bits per heavy atom. The highest BCUT2D eigenvalue weighted by molar-refractivity contribution is 7.99. The van der Waals surface area contributed by atoms with Gasteiger partial charge in [-0.25, -0.2) is 4.98 Å². The zero-order chi connectivity index (χ0) is 20.1. The van der Waals surface area contributed by atoms with Crippen molar-refractivity contribution in [2.75, 3.05) is 12.4 Å². The van der Waals surface area contributed by atoms with Gasteiger partial charge in [-0.3, -0.25) is 14.2 Å². The summed E-state index contributed by atoms with van der Waals surface area (Å²) in [6.07, 6.45) is 1.52. The molecule has 0 aliphatic rings. The van der Waals surface area contributed by atoms with E-state index >= 15 is 0 Å². The van der Waals surface area contributed by atoms with Crippen molar-refractivity contribution in [3.8, 4) is 0 Å². The van der Waals surface area contributed by atoms with Crippen molar-refractivity contribution in [1.82, 2.24) is 9.55 Å². The van der Waals surface area contributed by atoms with Crippen LogP contribution in [0.15, 0.2) is 58.5 Å². The molecule has 0 radical (unpaired) electrons. The zero-order valence-corrected chi connectivity index (χ0v) is 16.9. The van der Waals surface area contributed by atoms with E-state index in [9.17, 15) is 14.7 Å². The number of hydrogen-bond donors (Lipinski definition) is 1. The molecule has 0 fully saturated rings. The van der Waals surface area contributed by atoms with Gasteiger partial charge in [0.15, 0.2) is 10.9 Å². The minimum absolute atomic E-state index is 0.0151. The summed E-state index contributed by atoms with van der Waals surface area (Å²) < 4.78 is 1.53. The molecule has 0 bridgehead atoms. The first-order chi connectivity index (χ1) is 13.6. The maximum atomic E-state index is 13.0. The van der Waals surface area contributed by atoms with E-state index in [0.29, 0.717) is 28.0 Å². The van der Waals surface area contributed by atoms with Gasteiger partial charge in [0.1, 0.15) is 0 Å². The Bertz CT molecular complexity index is 1020. The summed E-state index contributed by atoms with van der Waals surface area (Å²) in [4.78, 5) is 30.2. The SMILES string of the molecule is CCc1ccc(C(=O)CSc2nc3ccccc3c(=O)n2[C@@H](CC)CO)cc1. The number of carbonyl (C=O) groups excluding carboxylic acids is 1. The molecule has 0 aliphatic carbocycles. The molecular weight excluding hydrogens is 372 g/mol. The van der Waals surface area contributed by atoms with Crippen LogP contribution in [0.4, 0.5) is 0 Å². The monoisotopic (exact) mass is 396 g/mol. The number of aliphatic hydroxyl groups is 1. The minimum Gasteiger partial charge on any atom is -0.394 e. The summed E-state index contributed by atoms with van der Waals surface area (Å²) in [7, 11) is 0. The number of thioether (sulfide) groups is 1. The van der Waals surface area contributed by atoms with Gasteiger partial charge in [0.25, 0.3) is 5.56 Å². The number of nitrogens with zero attached hydrogens (tertiary/aromatic N) is 2. The van der Waals surface area contributed by atoms with E-state index in [0.717, 1.165) is 6.42 Å². The van der Waals surface area contributed by atoms with E-state index in [1.165, 1.54) is 21.9 Å². The average Bonchev–Trinajstić information content (AvgIpc) is 2.74. The molecule has 0 amide bonds. The van der Waals surface area contributed by atoms with Crippen molar-refractivity contribution in [1.29, 1.82) is 0 Å². The van der Waals surface area contributed by atoms with Gasteiger partial charge in [-0.05, 0) is 30.5 Å². The van der Waals surface area contributed by atoms with Crippen molar-refractivity contribution in [2.24, 2.45) is 0 Å². The lowest BCUT2D eigenvalue weighted by Gasteiger charge is -2.19. The van der Waals surface area contributed by atoms with Gasteiger partial charge in [-0.1, -0.05) is 62.0 Å². The Morgan fingerprint density at radius 3 is 2.50 bits per heavy atom. The zero-order valence-electron chi connectivity index (χ0n) is 16.1. The van der Waals surface area contributed by atoms with Gasteiger partial charge >= 0.3 is 0 Å². The third-order valence-electron chi connectivity index (χ3n) is 4.84. The Morgan fingerprint density at radius 1 is 1.14 bits per heavy atom. The van der Waals surface area contributed by atoms with Crippen molar-refractivity contribution in [2.45, 2.75) is 37.9 Å². The first-order valence-electron chi connectivity index (χ1n) is 9.46. The molecule has 1 heterocycles. The fraction of sp³-hybridized carbons (Fsp3) is 0.318. The second kappa shape index (κ2) is 9.17. The van der Waals surface area contributed by atoms with E-state index in [4.69, 9.17) is 0 Å². The van der Waals surface area contributed by atoms with E-state index in [1.807, 2.05) is 37.3 Å². The molecule has 2 aromatic carbocycles. The third kappa shape index (κ3) is 4.18. The van der Waals surface area contributed by atoms with Crippen LogP contribution in [0.3, 0.4) is 0 Å². The lowest BCUT2D eigenvalue weighted by atomic mass is 10.1. The molecule has 0 aliphatic heterocycles. The highest BCUT2D eigenvalue weighted by atomic mass is 32.2. The smallest absolute Gasteiger partial charge is 0.262 e. The molecular formula is C22H24N2O3S. The summed E-state index contributed by atoms with van der Waals surface area (Å²) in [6.45, 7) is 3.83. The topological polar surface area (TPSA) is 72.2 Å². The van der Waals surface area contributed by atoms with Crippen LogP contribution in [-0.2, 0) is 6.42 Å². The van der Waals surface area contributed by atoms with Crippen LogP contribution in [0, 0.1) is 0 Å². The first-order valence-corrected chi connectivity index (χ1v) is 10.4. The molecule has 3 aromatic rings. The van der Waals surface area contributed by atoms with Crippen LogP contribution in [0.25, 0.3) is 10.9 Å².